The maximum absolute atomic E-state index is 12.8. The van der Waals surface area contributed by atoms with Crippen molar-refractivity contribution >= 4 is 23.3 Å². The van der Waals surface area contributed by atoms with Crippen molar-refractivity contribution in [1.82, 2.24) is 0 Å². The van der Waals surface area contributed by atoms with Gasteiger partial charge in [0, 0.05) is 16.8 Å². The number of anilines is 1. The number of carboxylic acid groups (broad SMARTS) is 1. The Hall–Kier alpha value is -5.12. The Balaban J connectivity index is 1.57. The number of phenols is 2. The van der Waals surface area contributed by atoms with Gasteiger partial charge in [-0.05, 0) is 61.0 Å². The number of phenolic OH excluding ortho intramolecular Hbond substituents is 2. The average Bonchev–Trinajstić information content (AvgIpc) is 3.23. The number of nitrogens with one attached hydrogen (secondary N) is 1. The van der Waals surface area contributed by atoms with Gasteiger partial charge in [0.05, 0.1) is 16.6 Å². The number of nitro groups is 1. The largest absolute Gasteiger partial charge is 0.504 e. The molecule has 0 bridgehead atoms. The van der Waals surface area contributed by atoms with Crippen LogP contribution >= 0.6 is 0 Å². The van der Waals surface area contributed by atoms with E-state index in [2.05, 4.69) is 5.32 Å². The molecule has 3 aromatic carbocycles. The van der Waals surface area contributed by atoms with Gasteiger partial charge in [-0.3, -0.25) is 14.9 Å². The SMILES string of the molecule is Cc1oc(-c2ccc(NC(=O)c3cccc(-c4cc(O)c(O)cc4[N+](=O)[O-])c3)cc2)cc1C(=O)O. The number of carbonyl (C=O) groups excluding carboxylic acids is 1. The van der Waals surface area contributed by atoms with Gasteiger partial charge < -0.3 is 25.1 Å². The summed E-state index contributed by atoms with van der Waals surface area (Å²) in [6, 6.07) is 16.0. The molecular formula is C25H18N2O8. The Kier molecular flexibility index (Phi) is 5.94. The topological polar surface area (TPSA) is 163 Å². The van der Waals surface area contributed by atoms with Crippen molar-refractivity contribution in [2.45, 2.75) is 6.92 Å². The van der Waals surface area contributed by atoms with Gasteiger partial charge in [-0.1, -0.05) is 12.1 Å². The van der Waals surface area contributed by atoms with E-state index in [0.29, 0.717) is 22.6 Å². The molecule has 0 aliphatic carbocycles. The molecule has 0 aliphatic heterocycles. The monoisotopic (exact) mass is 474 g/mol. The van der Waals surface area contributed by atoms with Crippen LogP contribution in [-0.2, 0) is 0 Å². The maximum atomic E-state index is 12.8. The number of aromatic hydroxyl groups is 2. The molecule has 10 nitrogen and oxygen atoms in total. The first-order valence-electron chi connectivity index (χ1n) is 10.2. The van der Waals surface area contributed by atoms with E-state index in [1.165, 1.54) is 18.2 Å². The normalized spacial score (nSPS) is 10.7. The fraction of sp³-hybridized carbons (Fsp3) is 0.0400. The number of furan rings is 1. The van der Waals surface area contributed by atoms with Crippen molar-refractivity contribution in [2.24, 2.45) is 0 Å². The second-order valence-electron chi connectivity index (χ2n) is 7.61. The van der Waals surface area contributed by atoms with E-state index in [1.807, 2.05) is 0 Å². The molecule has 4 N–H and O–H groups in total. The molecule has 0 saturated carbocycles. The zero-order valence-corrected chi connectivity index (χ0v) is 18.2. The molecule has 1 aromatic heterocycles. The standard InChI is InChI=1S/C25H18N2O8/c1-13-18(25(31)32)11-23(35-13)14-5-7-17(8-6-14)26-24(30)16-4-2-3-15(9-16)19-10-21(28)22(29)12-20(19)27(33)34/h2-12,28-29H,1H3,(H,26,30)(H,31,32). The molecule has 4 aromatic rings. The van der Waals surface area contributed by atoms with Gasteiger partial charge in [0.15, 0.2) is 11.5 Å². The summed E-state index contributed by atoms with van der Waals surface area (Å²) < 4.78 is 5.50. The van der Waals surface area contributed by atoms with E-state index in [0.717, 1.165) is 12.1 Å². The number of amides is 1. The maximum Gasteiger partial charge on any atom is 0.339 e. The van der Waals surface area contributed by atoms with Crippen molar-refractivity contribution in [3.05, 3.63) is 93.7 Å². The van der Waals surface area contributed by atoms with Crippen molar-refractivity contribution in [3.8, 4) is 33.9 Å². The fourth-order valence-electron chi connectivity index (χ4n) is 3.53. The van der Waals surface area contributed by atoms with E-state index in [1.54, 1.807) is 43.3 Å². The average molecular weight is 474 g/mol. The highest BCUT2D eigenvalue weighted by Gasteiger charge is 2.20. The van der Waals surface area contributed by atoms with Gasteiger partial charge in [-0.2, -0.15) is 0 Å². The molecule has 0 unspecified atom stereocenters. The summed E-state index contributed by atoms with van der Waals surface area (Å²) in [6.07, 6.45) is 0. The van der Waals surface area contributed by atoms with Crippen LogP contribution in [0.4, 0.5) is 11.4 Å². The highest BCUT2D eigenvalue weighted by molar-refractivity contribution is 6.05. The number of rotatable bonds is 6. The molecule has 0 saturated heterocycles. The lowest BCUT2D eigenvalue weighted by Gasteiger charge is -2.09. The molecule has 0 radical (unpaired) electrons. The minimum absolute atomic E-state index is 0.0405. The van der Waals surface area contributed by atoms with Crippen molar-refractivity contribution < 1.29 is 34.2 Å². The Morgan fingerprint density at radius 1 is 0.943 bits per heavy atom. The third-order valence-corrected chi connectivity index (χ3v) is 5.30. The lowest BCUT2D eigenvalue weighted by molar-refractivity contribution is -0.384. The molecule has 10 heteroatoms. The molecule has 1 heterocycles. The van der Waals surface area contributed by atoms with Crippen LogP contribution in [0.15, 0.2) is 71.1 Å². The van der Waals surface area contributed by atoms with E-state index in [4.69, 9.17) is 4.42 Å². The first kappa shape index (κ1) is 23.1. The third-order valence-electron chi connectivity index (χ3n) is 5.30. The zero-order valence-electron chi connectivity index (χ0n) is 18.2. The van der Waals surface area contributed by atoms with Crippen LogP contribution in [0.2, 0.25) is 0 Å². The number of nitrogens with zero attached hydrogens (tertiary/aromatic N) is 1. The first-order valence-corrected chi connectivity index (χ1v) is 10.2. The number of hydrogen-bond donors (Lipinski definition) is 4. The molecule has 176 valence electrons. The number of aryl methyl sites for hydroxylation is 1. The number of carbonyl (C=O) groups is 2. The molecule has 0 fully saturated rings. The molecular weight excluding hydrogens is 456 g/mol. The Morgan fingerprint density at radius 3 is 2.26 bits per heavy atom. The van der Waals surface area contributed by atoms with E-state index in [9.17, 15) is 35.0 Å². The number of benzene rings is 3. The van der Waals surface area contributed by atoms with Gasteiger partial charge in [-0.15, -0.1) is 0 Å². The second-order valence-corrected chi connectivity index (χ2v) is 7.61. The molecule has 0 atom stereocenters. The third kappa shape index (κ3) is 4.67. The molecule has 1 amide bonds. The van der Waals surface area contributed by atoms with Crippen LogP contribution in [0.5, 0.6) is 11.5 Å². The van der Waals surface area contributed by atoms with Crippen LogP contribution in [0.25, 0.3) is 22.5 Å². The zero-order chi connectivity index (χ0) is 25.3. The highest BCUT2D eigenvalue weighted by Crippen LogP contribution is 2.39. The van der Waals surface area contributed by atoms with Crippen LogP contribution in [0.3, 0.4) is 0 Å². The summed E-state index contributed by atoms with van der Waals surface area (Å²) in [5, 5.41) is 42.7. The summed E-state index contributed by atoms with van der Waals surface area (Å²) in [7, 11) is 0. The molecule has 4 rings (SSSR count). The van der Waals surface area contributed by atoms with Crippen LogP contribution in [0, 0.1) is 17.0 Å². The Morgan fingerprint density at radius 2 is 1.63 bits per heavy atom. The van der Waals surface area contributed by atoms with Crippen LogP contribution in [0.1, 0.15) is 26.5 Å². The quantitative estimate of drug-likeness (QED) is 0.168. The molecule has 0 spiro atoms. The predicted octanol–water partition coefficient (Wildman–Crippen LogP) is 5.19. The van der Waals surface area contributed by atoms with Crippen LogP contribution < -0.4 is 5.32 Å². The smallest absolute Gasteiger partial charge is 0.339 e. The van der Waals surface area contributed by atoms with Gasteiger partial charge >= 0.3 is 5.97 Å². The van der Waals surface area contributed by atoms with Crippen molar-refractivity contribution in [2.75, 3.05) is 5.32 Å². The first-order chi connectivity index (χ1) is 16.6. The van der Waals surface area contributed by atoms with E-state index < -0.39 is 34.0 Å². The van der Waals surface area contributed by atoms with Crippen molar-refractivity contribution in [1.29, 1.82) is 0 Å². The summed E-state index contributed by atoms with van der Waals surface area (Å²) in [4.78, 5) is 34.7. The summed E-state index contributed by atoms with van der Waals surface area (Å²) in [6.45, 7) is 1.56. The van der Waals surface area contributed by atoms with E-state index >= 15 is 0 Å². The Bertz CT molecular complexity index is 1470. The van der Waals surface area contributed by atoms with Gasteiger partial charge in [-0.25, -0.2) is 4.79 Å². The number of aromatic carboxylic acids is 1. The summed E-state index contributed by atoms with van der Waals surface area (Å²) in [5.41, 5.74) is 1.28. The summed E-state index contributed by atoms with van der Waals surface area (Å²) >= 11 is 0. The van der Waals surface area contributed by atoms with Gasteiger partial charge in [0.25, 0.3) is 11.6 Å². The molecule has 35 heavy (non-hydrogen) atoms. The summed E-state index contributed by atoms with van der Waals surface area (Å²) in [5.74, 6) is -2.05. The molecule has 0 aliphatic rings. The van der Waals surface area contributed by atoms with Crippen LogP contribution in [-0.4, -0.2) is 32.1 Å². The van der Waals surface area contributed by atoms with Crippen molar-refractivity contribution in [3.63, 3.8) is 0 Å². The highest BCUT2D eigenvalue weighted by atomic mass is 16.6. The second kappa shape index (κ2) is 9.02. The predicted molar refractivity (Wildman–Crippen MR) is 126 cm³/mol. The number of carboxylic acids is 1. The minimum atomic E-state index is -1.09. The lowest BCUT2D eigenvalue weighted by atomic mass is 10.0. The van der Waals surface area contributed by atoms with E-state index in [-0.39, 0.29) is 22.5 Å². The number of hydrogen-bond acceptors (Lipinski definition) is 7. The van der Waals surface area contributed by atoms with Gasteiger partial charge in [0.2, 0.25) is 0 Å². The van der Waals surface area contributed by atoms with Gasteiger partial charge in [0.1, 0.15) is 17.1 Å². The Labute approximate surface area is 197 Å². The minimum Gasteiger partial charge on any atom is -0.504 e. The lowest BCUT2D eigenvalue weighted by Crippen LogP contribution is -2.11. The number of nitro benzene ring substituents is 1. The fourth-order valence-corrected chi connectivity index (χ4v) is 3.53.